The molecule has 2 aromatic heterocycles. The molecule has 0 radical (unpaired) electrons. The predicted molar refractivity (Wildman–Crippen MR) is 74.0 cm³/mol. The summed E-state index contributed by atoms with van der Waals surface area (Å²) >= 11 is 0. The summed E-state index contributed by atoms with van der Waals surface area (Å²) in [6.07, 6.45) is 8.04. The molecular formula is C14H17N5O. The van der Waals surface area contributed by atoms with Crippen molar-refractivity contribution in [2.75, 3.05) is 0 Å². The minimum absolute atomic E-state index is 0.184. The molecule has 2 heterocycles. The molecule has 1 N–H and O–H groups in total. The first-order chi connectivity index (χ1) is 9.70. The third-order valence-electron chi connectivity index (χ3n) is 2.79. The quantitative estimate of drug-likeness (QED) is 0.890. The fourth-order valence-corrected chi connectivity index (χ4v) is 1.76. The van der Waals surface area contributed by atoms with E-state index >= 15 is 0 Å². The van der Waals surface area contributed by atoms with Gasteiger partial charge in [0.1, 0.15) is 6.33 Å². The molecule has 0 saturated heterocycles. The van der Waals surface area contributed by atoms with E-state index in [1.54, 1.807) is 18.6 Å². The highest BCUT2D eigenvalue weighted by Crippen LogP contribution is 2.06. The normalized spacial score (nSPS) is 10.3. The molecule has 0 unspecified atom stereocenters. The average molecular weight is 271 g/mol. The van der Waals surface area contributed by atoms with Crippen LogP contribution in [0.1, 0.15) is 40.8 Å². The monoisotopic (exact) mass is 271 g/mol. The van der Waals surface area contributed by atoms with E-state index in [-0.39, 0.29) is 5.91 Å². The van der Waals surface area contributed by atoms with Gasteiger partial charge >= 0.3 is 0 Å². The zero-order valence-electron chi connectivity index (χ0n) is 11.6. The molecule has 6 nitrogen and oxygen atoms in total. The summed E-state index contributed by atoms with van der Waals surface area (Å²) in [4.78, 5) is 28.5. The first kappa shape index (κ1) is 14.0. The van der Waals surface area contributed by atoms with Crippen molar-refractivity contribution in [1.82, 2.24) is 25.3 Å². The van der Waals surface area contributed by atoms with E-state index < -0.39 is 0 Å². The van der Waals surface area contributed by atoms with E-state index in [1.165, 1.54) is 6.33 Å². The molecule has 104 valence electrons. The summed E-state index contributed by atoms with van der Waals surface area (Å²) in [7, 11) is 0. The van der Waals surface area contributed by atoms with Crippen LogP contribution in [0, 0.1) is 6.92 Å². The summed E-state index contributed by atoms with van der Waals surface area (Å²) in [5, 5.41) is 2.81. The number of amides is 1. The highest BCUT2D eigenvalue weighted by molar-refractivity contribution is 5.94. The van der Waals surface area contributed by atoms with Crippen molar-refractivity contribution in [2.45, 2.75) is 33.2 Å². The number of aromatic nitrogens is 4. The van der Waals surface area contributed by atoms with Gasteiger partial charge in [0.25, 0.3) is 5.91 Å². The van der Waals surface area contributed by atoms with Crippen molar-refractivity contribution in [2.24, 2.45) is 0 Å². The fraction of sp³-hybridized carbons (Fsp3) is 0.357. The molecule has 2 rings (SSSR count). The Morgan fingerprint density at radius 3 is 2.75 bits per heavy atom. The molecule has 2 aromatic rings. The van der Waals surface area contributed by atoms with Crippen molar-refractivity contribution < 1.29 is 4.79 Å². The van der Waals surface area contributed by atoms with E-state index in [9.17, 15) is 4.79 Å². The van der Waals surface area contributed by atoms with Crippen molar-refractivity contribution in [3.8, 4) is 0 Å². The van der Waals surface area contributed by atoms with Crippen LogP contribution < -0.4 is 5.32 Å². The molecule has 0 saturated carbocycles. The van der Waals surface area contributed by atoms with Gasteiger partial charge in [-0.25, -0.2) is 9.97 Å². The SMILES string of the molecule is CCCc1ncncc1C(=O)NCc1cnc(C)cn1. The van der Waals surface area contributed by atoms with Crippen LogP contribution in [0.5, 0.6) is 0 Å². The minimum Gasteiger partial charge on any atom is -0.346 e. The Labute approximate surface area is 117 Å². The molecule has 6 heteroatoms. The Morgan fingerprint density at radius 2 is 2.05 bits per heavy atom. The maximum Gasteiger partial charge on any atom is 0.255 e. The molecule has 0 aromatic carbocycles. The summed E-state index contributed by atoms with van der Waals surface area (Å²) in [6, 6.07) is 0. The maximum atomic E-state index is 12.1. The molecule has 0 fully saturated rings. The Morgan fingerprint density at radius 1 is 1.20 bits per heavy atom. The Kier molecular flexibility index (Phi) is 4.70. The van der Waals surface area contributed by atoms with Crippen LogP contribution in [-0.2, 0) is 13.0 Å². The summed E-state index contributed by atoms with van der Waals surface area (Å²) in [6.45, 7) is 4.26. The van der Waals surface area contributed by atoms with E-state index in [0.717, 1.165) is 29.9 Å². The lowest BCUT2D eigenvalue weighted by molar-refractivity contribution is 0.0948. The van der Waals surface area contributed by atoms with Crippen LogP contribution >= 0.6 is 0 Å². The minimum atomic E-state index is -0.184. The molecule has 0 spiro atoms. The Bertz CT molecular complexity index is 582. The van der Waals surface area contributed by atoms with Crippen LogP contribution in [0.2, 0.25) is 0 Å². The second-order valence-electron chi connectivity index (χ2n) is 4.46. The van der Waals surface area contributed by atoms with Crippen molar-refractivity contribution in [3.63, 3.8) is 0 Å². The third kappa shape index (κ3) is 3.57. The number of carbonyl (C=O) groups is 1. The number of nitrogens with zero attached hydrogens (tertiary/aromatic N) is 4. The van der Waals surface area contributed by atoms with E-state index in [2.05, 4.69) is 25.3 Å². The molecule has 0 bridgehead atoms. The van der Waals surface area contributed by atoms with Crippen LogP contribution in [0.15, 0.2) is 24.9 Å². The first-order valence-electron chi connectivity index (χ1n) is 6.55. The lowest BCUT2D eigenvalue weighted by atomic mass is 10.1. The number of carbonyl (C=O) groups excluding carboxylic acids is 1. The van der Waals surface area contributed by atoms with Gasteiger partial charge in [-0.2, -0.15) is 0 Å². The highest BCUT2D eigenvalue weighted by Gasteiger charge is 2.12. The molecule has 1 amide bonds. The molecule has 0 aliphatic carbocycles. The van der Waals surface area contributed by atoms with Crippen LogP contribution in [0.4, 0.5) is 0 Å². The van der Waals surface area contributed by atoms with Gasteiger partial charge in [-0.15, -0.1) is 0 Å². The molecule has 0 aliphatic heterocycles. The van der Waals surface area contributed by atoms with E-state index in [0.29, 0.717) is 12.1 Å². The van der Waals surface area contributed by atoms with Gasteiger partial charge in [0.05, 0.1) is 35.4 Å². The maximum absolute atomic E-state index is 12.1. The summed E-state index contributed by atoms with van der Waals surface area (Å²) < 4.78 is 0. The standard InChI is InChI=1S/C14H17N5O/c1-3-4-13-12(8-15-9-19-13)14(20)18-7-11-6-16-10(2)5-17-11/h5-6,8-9H,3-4,7H2,1-2H3,(H,18,20). The largest absolute Gasteiger partial charge is 0.346 e. The van der Waals surface area contributed by atoms with Crippen molar-refractivity contribution in [1.29, 1.82) is 0 Å². The lowest BCUT2D eigenvalue weighted by Crippen LogP contribution is -2.25. The number of nitrogens with one attached hydrogen (secondary N) is 1. The highest BCUT2D eigenvalue weighted by atomic mass is 16.1. The number of rotatable bonds is 5. The molecule has 0 atom stereocenters. The number of aryl methyl sites for hydroxylation is 2. The van der Waals surface area contributed by atoms with Crippen molar-refractivity contribution in [3.05, 3.63) is 47.6 Å². The summed E-state index contributed by atoms with van der Waals surface area (Å²) in [5.41, 5.74) is 2.86. The second-order valence-corrected chi connectivity index (χ2v) is 4.46. The molecule has 20 heavy (non-hydrogen) atoms. The van der Waals surface area contributed by atoms with Gasteiger partial charge in [-0.3, -0.25) is 14.8 Å². The summed E-state index contributed by atoms with van der Waals surface area (Å²) in [5.74, 6) is -0.184. The fourth-order valence-electron chi connectivity index (χ4n) is 1.76. The van der Waals surface area contributed by atoms with Crippen molar-refractivity contribution >= 4 is 5.91 Å². The van der Waals surface area contributed by atoms with Gasteiger partial charge in [0.2, 0.25) is 0 Å². The van der Waals surface area contributed by atoms with Gasteiger partial charge in [0, 0.05) is 12.4 Å². The van der Waals surface area contributed by atoms with Crippen LogP contribution in [-0.4, -0.2) is 25.8 Å². The van der Waals surface area contributed by atoms with Gasteiger partial charge in [-0.1, -0.05) is 13.3 Å². The van der Waals surface area contributed by atoms with E-state index in [1.807, 2.05) is 13.8 Å². The van der Waals surface area contributed by atoms with Gasteiger partial charge in [0.15, 0.2) is 0 Å². The lowest BCUT2D eigenvalue weighted by Gasteiger charge is -2.07. The van der Waals surface area contributed by atoms with E-state index in [4.69, 9.17) is 0 Å². The second kappa shape index (κ2) is 6.70. The Balaban J connectivity index is 2.03. The third-order valence-corrected chi connectivity index (χ3v) is 2.79. The topological polar surface area (TPSA) is 80.7 Å². The van der Waals surface area contributed by atoms with Crippen LogP contribution in [0.25, 0.3) is 0 Å². The zero-order chi connectivity index (χ0) is 14.4. The predicted octanol–water partition coefficient (Wildman–Crippen LogP) is 1.46. The molecular weight excluding hydrogens is 254 g/mol. The van der Waals surface area contributed by atoms with Gasteiger partial charge in [-0.05, 0) is 13.3 Å². The van der Waals surface area contributed by atoms with Gasteiger partial charge < -0.3 is 5.32 Å². The number of hydrogen-bond donors (Lipinski definition) is 1. The van der Waals surface area contributed by atoms with Crippen LogP contribution in [0.3, 0.4) is 0 Å². The molecule has 0 aliphatic rings. The zero-order valence-corrected chi connectivity index (χ0v) is 11.6. The smallest absolute Gasteiger partial charge is 0.255 e. The number of hydrogen-bond acceptors (Lipinski definition) is 5. The average Bonchev–Trinajstić information content (AvgIpc) is 2.47. The Hall–Kier alpha value is -2.37. The first-order valence-corrected chi connectivity index (χ1v) is 6.55.